The lowest BCUT2D eigenvalue weighted by molar-refractivity contribution is 0.441. The highest BCUT2D eigenvalue weighted by Gasteiger charge is 2.21. The van der Waals surface area contributed by atoms with E-state index in [-0.39, 0.29) is 5.38 Å². The lowest BCUT2D eigenvalue weighted by Gasteiger charge is -2.20. The summed E-state index contributed by atoms with van der Waals surface area (Å²) in [7, 11) is 0. The number of hydrogen-bond donors (Lipinski definition) is 0. The van der Waals surface area contributed by atoms with E-state index < -0.39 is 0 Å². The van der Waals surface area contributed by atoms with Crippen LogP contribution in [0, 0.1) is 0 Å². The molecule has 0 radical (unpaired) electrons. The molecule has 104 valence electrons. The van der Waals surface area contributed by atoms with Crippen molar-refractivity contribution >= 4 is 38.7 Å². The number of alkyl halides is 1. The maximum Gasteiger partial charge on any atom is 0.160 e. The van der Waals surface area contributed by atoms with Gasteiger partial charge in [0.1, 0.15) is 11.3 Å². The Labute approximate surface area is 127 Å². The summed E-state index contributed by atoms with van der Waals surface area (Å²) in [4.78, 5) is 9.19. The largest absolute Gasteiger partial charge is 0.308 e. The van der Waals surface area contributed by atoms with Crippen LogP contribution in [0.5, 0.6) is 0 Å². The predicted molar refractivity (Wildman–Crippen MR) is 83.7 cm³/mol. The van der Waals surface area contributed by atoms with Crippen molar-refractivity contribution in [2.75, 3.05) is 0 Å². The zero-order valence-electron chi connectivity index (χ0n) is 11.5. The van der Waals surface area contributed by atoms with Crippen LogP contribution in [0.25, 0.3) is 11.2 Å². The van der Waals surface area contributed by atoms with Crippen molar-refractivity contribution < 1.29 is 0 Å². The first kappa shape index (κ1) is 14.8. The molecule has 2 unspecified atom stereocenters. The molecule has 0 aliphatic rings. The van der Waals surface area contributed by atoms with Crippen LogP contribution in [0.3, 0.4) is 0 Å². The average Bonchev–Trinajstić information content (AvgIpc) is 2.74. The number of aromatic nitrogens is 3. The van der Waals surface area contributed by atoms with Gasteiger partial charge in [0.25, 0.3) is 0 Å². The summed E-state index contributed by atoms with van der Waals surface area (Å²) in [5, 5.41) is -0.112. The summed E-state index contributed by atoms with van der Waals surface area (Å²) in [5.74, 6) is 0.919. The van der Waals surface area contributed by atoms with Gasteiger partial charge in [-0.2, -0.15) is 0 Å². The molecule has 0 aromatic carbocycles. The van der Waals surface area contributed by atoms with E-state index >= 15 is 0 Å². The summed E-state index contributed by atoms with van der Waals surface area (Å²) < 4.78 is 3.17. The molecule has 0 spiro atoms. The molecule has 0 N–H and O–H groups in total. The molecule has 19 heavy (non-hydrogen) atoms. The maximum absolute atomic E-state index is 6.30. The Morgan fingerprint density at radius 3 is 2.74 bits per heavy atom. The Hall–Kier alpha value is -0.610. The number of fused-ring (bicyclic) bond motifs is 1. The normalized spacial score (nSPS) is 14.8. The van der Waals surface area contributed by atoms with E-state index in [0.717, 1.165) is 40.7 Å². The molecule has 0 saturated heterocycles. The van der Waals surface area contributed by atoms with Gasteiger partial charge in [-0.15, -0.1) is 11.6 Å². The number of rotatable bonds is 5. The quantitative estimate of drug-likeness (QED) is 0.694. The van der Waals surface area contributed by atoms with E-state index in [1.165, 1.54) is 0 Å². The van der Waals surface area contributed by atoms with Gasteiger partial charge >= 0.3 is 0 Å². The van der Waals surface area contributed by atoms with Crippen LogP contribution in [0.2, 0.25) is 0 Å². The number of nitrogens with zero attached hydrogens (tertiary/aromatic N) is 3. The van der Waals surface area contributed by atoms with E-state index in [9.17, 15) is 0 Å². The highest BCUT2D eigenvalue weighted by Crippen LogP contribution is 2.31. The van der Waals surface area contributed by atoms with Gasteiger partial charge in [0.15, 0.2) is 5.65 Å². The Morgan fingerprint density at radius 2 is 2.16 bits per heavy atom. The van der Waals surface area contributed by atoms with Gasteiger partial charge in [0.2, 0.25) is 0 Å². The third-order valence-corrected chi connectivity index (χ3v) is 3.97. The predicted octanol–water partition coefficient (Wildman–Crippen LogP) is 5.24. The summed E-state index contributed by atoms with van der Waals surface area (Å²) in [6.45, 7) is 6.37. The van der Waals surface area contributed by atoms with E-state index in [1.54, 1.807) is 0 Å². The maximum atomic E-state index is 6.30. The molecular weight excluding hydrogens is 326 g/mol. The Bertz CT molecular complexity index is 565. The second kappa shape index (κ2) is 6.23. The van der Waals surface area contributed by atoms with E-state index in [2.05, 4.69) is 44.3 Å². The summed E-state index contributed by atoms with van der Waals surface area (Å²) in [6, 6.07) is 2.42. The molecule has 3 nitrogen and oxygen atoms in total. The lowest BCUT2D eigenvalue weighted by Crippen LogP contribution is -2.12. The monoisotopic (exact) mass is 343 g/mol. The van der Waals surface area contributed by atoms with Crippen LogP contribution in [0.1, 0.15) is 57.3 Å². The Morgan fingerprint density at radius 1 is 1.42 bits per heavy atom. The molecule has 0 aliphatic heterocycles. The van der Waals surface area contributed by atoms with Gasteiger partial charge in [0.05, 0.1) is 5.38 Å². The van der Waals surface area contributed by atoms with Gasteiger partial charge < -0.3 is 4.57 Å². The zero-order valence-corrected chi connectivity index (χ0v) is 13.9. The molecule has 2 aromatic heterocycles. The second-order valence-electron chi connectivity index (χ2n) is 4.80. The first-order valence-corrected chi connectivity index (χ1v) is 7.98. The van der Waals surface area contributed by atoms with Crippen LogP contribution >= 0.6 is 27.5 Å². The molecule has 2 aromatic rings. The van der Waals surface area contributed by atoms with Crippen molar-refractivity contribution in [3.63, 3.8) is 0 Å². The van der Waals surface area contributed by atoms with Crippen molar-refractivity contribution in [2.24, 2.45) is 0 Å². The molecule has 0 amide bonds. The minimum absolute atomic E-state index is 0.112. The molecule has 2 atom stereocenters. The van der Waals surface area contributed by atoms with Crippen molar-refractivity contribution in [2.45, 2.75) is 51.5 Å². The third-order valence-electron chi connectivity index (χ3n) is 3.34. The third kappa shape index (κ3) is 2.95. The van der Waals surface area contributed by atoms with Gasteiger partial charge in [-0.25, -0.2) is 9.97 Å². The van der Waals surface area contributed by atoms with E-state index in [4.69, 9.17) is 11.6 Å². The lowest BCUT2D eigenvalue weighted by atomic mass is 10.1. The molecule has 2 heterocycles. The molecule has 0 saturated carbocycles. The highest BCUT2D eigenvalue weighted by atomic mass is 79.9. The SMILES string of the molecule is CCCC(CC)n1c(C(C)Cl)nc2cc(Br)cnc21. The topological polar surface area (TPSA) is 30.7 Å². The standard InChI is InChI=1S/C14H19BrClN3/c1-4-6-11(5-2)19-13(9(3)16)18-12-7-10(15)8-17-14(12)19/h7-9,11H,4-6H2,1-3H3. The van der Waals surface area contributed by atoms with Crippen LogP contribution in [0.4, 0.5) is 0 Å². The van der Waals surface area contributed by atoms with Crippen LogP contribution in [-0.2, 0) is 0 Å². The minimum Gasteiger partial charge on any atom is -0.308 e. The molecule has 5 heteroatoms. The van der Waals surface area contributed by atoms with Crippen LogP contribution < -0.4 is 0 Å². The number of hydrogen-bond acceptors (Lipinski definition) is 2. The van der Waals surface area contributed by atoms with E-state index in [0.29, 0.717) is 6.04 Å². The molecule has 0 fully saturated rings. The fourth-order valence-corrected chi connectivity index (χ4v) is 2.94. The Kier molecular flexibility index (Phi) is 4.85. The van der Waals surface area contributed by atoms with Crippen molar-refractivity contribution in [3.8, 4) is 0 Å². The van der Waals surface area contributed by atoms with Crippen molar-refractivity contribution in [1.82, 2.24) is 14.5 Å². The van der Waals surface area contributed by atoms with Crippen LogP contribution in [-0.4, -0.2) is 14.5 Å². The smallest absolute Gasteiger partial charge is 0.160 e. The first-order valence-electron chi connectivity index (χ1n) is 6.75. The molecule has 0 bridgehead atoms. The second-order valence-corrected chi connectivity index (χ2v) is 6.37. The van der Waals surface area contributed by atoms with Gasteiger partial charge in [-0.3, -0.25) is 0 Å². The average molecular weight is 345 g/mol. The zero-order chi connectivity index (χ0) is 14.0. The van der Waals surface area contributed by atoms with E-state index in [1.807, 2.05) is 19.2 Å². The van der Waals surface area contributed by atoms with Crippen LogP contribution in [0.15, 0.2) is 16.7 Å². The summed E-state index contributed by atoms with van der Waals surface area (Å²) in [5.41, 5.74) is 1.84. The number of halogens is 2. The first-order chi connectivity index (χ1) is 9.08. The van der Waals surface area contributed by atoms with Crippen molar-refractivity contribution in [1.29, 1.82) is 0 Å². The van der Waals surface area contributed by atoms with Gasteiger partial charge in [-0.05, 0) is 41.8 Å². The summed E-state index contributed by atoms with van der Waals surface area (Å²) >= 11 is 9.74. The van der Waals surface area contributed by atoms with Gasteiger partial charge in [-0.1, -0.05) is 20.3 Å². The van der Waals surface area contributed by atoms with Crippen molar-refractivity contribution in [3.05, 3.63) is 22.6 Å². The minimum atomic E-state index is -0.112. The number of imidazole rings is 1. The number of pyridine rings is 1. The Balaban J connectivity index is 2.63. The summed E-state index contributed by atoms with van der Waals surface area (Å²) in [6.07, 6.45) is 5.15. The molecule has 2 rings (SSSR count). The molecular formula is C14H19BrClN3. The van der Waals surface area contributed by atoms with Gasteiger partial charge in [0, 0.05) is 16.7 Å². The highest BCUT2D eigenvalue weighted by molar-refractivity contribution is 9.10. The molecule has 0 aliphatic carbocycles. The fourth-order valence-electron chi connectivity index (χ4n) is 2.46. The fraction of sp³-hybridized carbons (Fsp3) is 0.571.